The van der Waals surface area contributed by atoms with Crippen LogP contribution in [0.25, 0.3) is 0 Å². The first-order chi connectivity index (χ1) is 15.2. The number of carbonyl (C=O) groups is 2. The molecule has 6 heteroatoms. The van der Waals surface area contributed by atoms with Crippen molar-refractivity contribution in [3.05, 3.63) is 93.2 Å². The molecule has 31 heavy (non-hydrogen) atoms. The van der Waals surface area contributed by atoms with Gasteiger partial charge in [0.25, 0.3) is 5.91 Å². The maximum Gasteiger partial charge on any atom is 0.254 e. The fraction of sp³-hybridized carbons (Fsp3) is 0.240. The van der Waals surface area contributed by atoms with Gasteiger partial charge in [-0.25, -0.2) is 0 Å². The minimum atomic E-state index is -0.101. The molecule has 0 bridgehead atoms. The van der Waals surface area contributed by atoms with Crippen LogP contribution in [-0.4, -0.2) is 47.7 Å². The molecule has 0 N–H and O–H groups in total. The molecule has 0 unspecified atom stereocenters. The largest absolute Gasteiger partial charge is 0.337 e. The topological polar surface area (TPSA) is 64.4 Å². The van der Waals surface area contributed by atoms with Crippen LogP contribution in [0, 0.1) is 11.3 Å². The Bertz CT molecular complexity index is 1100. The highest BCUT2D eigenvalue weighted by Gasteiger charge is 2.24. The second-order valence-electron chi connectivity index (χ2n) is 7.58. The molecule has 0 spiro atoms. The summed E-state index contributed by atoms with van der Waals surface area (Å²) in [6, 6.07) is 20.5. The molecule has 1 aliphatic heterocycles. The lowest BCUT2D eigenvalue weighted by molar-refractivity contribution is 0.0757. The van der Waals surface area contributed by atoms with E-state index in [1.807, 2.05) is 46.7 Å². The van der Waals surface area contributed by atoms with E-state index in [-0.39, 0.29) is 11.7 Å². The first-order valence-electron chi connectivity index (χ1n) is 10.3. The van der Waals surface area contributed by atoms with E-state index in [4.69, 9.17) is 5.26 Å². The summed E-state index contributed by atoms with van der Waals surface area (Å²) in [5.74, 6) is -0.183. The Morgan fingerprint density at radius 1 is 0.903 bits per heavy atom. The van der Waals surface area contributed by atoms with Gasteiger partial charge in [0.1, 0.15) is 0 Å². The van der Waals surface area contributed by atoms with Gasteiger partial charge in [0.2, 0.25) is 5.78 Å². The van der Waals surface area contributed by atoms with Gasteiger partial charge in [0.05, 0.1) is 22.1 Å². The Hall–Kier alpha value is -3.27. The van der Waals surface area contributed by atoms with Crippen molar-refractivity contribution in [1.82, 2.24) is 9.80 Å². The first-order valence-corrected chi connectivity index (χ1v) is 11.2. The van der Waals surface area contributed by atoms with Crippen molar-refractivity contribution in [1.29, 1.82) is 5.26 Å². The molecule has 3 aromatic rings. The Balaban J connectivity index is 1.44. The summed E-state index contributed by atoms with van der Waals surface area (Å²) in [5.41, 5.74) is 2.76. The van der Waals surface area contributed by atoms with Crippen molar-refractivity contribution in [3.63, 3.8) is 0 Å². The third kappa shape index (κ3) is 4.91. The van der Waals surface area contributed by atoms with E-state index in [9.17, 15) is 9.59 Å². The van der Waals surface area contributed by atoms with E-state index in [1.165, 1.54) is 11.3 Å². The number of thiophene rings is 1. The molecule has 0 radical (unpaired) electrons. The molecule has 1 amide bonds. The number of amides is 1. The van der Waals surface area contributed by atoms with Crippen LogP contribution in [0.4, 0.5) is 0 Å². The van der Waals surface area contributed by atoms with Crippen LogP contribution >= 0.6 is 11.3 Å². The molecule has 156 valence electrons. The smallest absolute Gasteiger partial charge is 0.254 e. The van der Waals surface area contributed by atoms with Gasteiger partial charge >= 0.3 is 0 Å². The van der Waals surface area contributed by atoms with E-state index in [0.717, 1.165) is 31.6 Å². The summed E-state index contributed by atoms with van der Waals surface area (Å²) >= 11 is 1.39. The van der Waals surface area contributed by atoms with Crippen molar-refractivity contribution >= 4 is 23.0 Å². The Morgan fingerprint density at radius 3 is 2.39 bits per heavy atom. The number of ketones is 1. The Morgan fingerprint density at radius 2 is 1.68 bits per heavy atom. The van der Waals surface area contributed by atoms with Crippen LogP contribution in [0.1, 0.15) is 43.1 Å². The predicted octanol–water partition coefficient (Wildman–Crippen LogP) is 4.20. The monoisotopic (exact) mass is 429 g/mol. The van der Waals surface area contributed by atoms with Gasteiger partial charge in [-0.2, -0.15) is 5.26 Å². The molecule has 1 aromatic heterocycles. The number of hydrogen-bond donors (Lipinski definition) is 0. The summed E-state index contributed by atoms with van der Waals surface area (Å²) in [6.45, 7) is 3.76. The summed E-state index contributed by atoms with van der Waals surface area (Å²) in [4.78, 5) is 31.0. The summed E-state index contributed by atoms with van der Waals surface area (Å²) in [7, 11) is 0. The second-order valence-corrected chi connectivity index (χ2v) is 8.53. The van der Waals surface area contributed by atoms with Crippen molar-refractivity contribution in [2.24, 2.45) is 0 Å². The zero-order valence-corrected chi connectivity index (χ0v) is 18.0. The molecule has 5 nitrogen and oxygen atoms in total. The first kappa shape index (κ1) is 21.0. The number of hydrogen-bond acceptors (Lipinski definition) is 5. The lowest BCUT2D eigenvalue weighted by Gasteiger charge is -2.23. The van der Waals surface area contributed by atoms with Crippen molar-refractivity contribution < 1.29 is 9.59 Å². The summed E-state index contributed by atoms with van der Waals surface area (Å²) in [6.07, 6.45) is 0.878. The lowest BCUT2D eigenvalue weighted by Crippen LogP contribution is -2.35. The molecule has 4 rings (SSSR count). The highest BCUT2D eigenvalue weighted by atomic mass is 32.1. The van der Waals surface area contributed by atoms with Crippen LogP contribution < -0.4 is 0 Å². The van der Waals surface area contributed by atoms with Gasteiger partial charge in [-0.05, 0) is 41.6 Å². The van der Waals surface area contributed by atoms with Crippen molar-refractivity contribution in [2.75, 3.05) is 26.2 Å². The molecule has 0 atom stereocenters. The lowest BCUT2D eigenvalue weighted by atomic mass is 10.0. The third-order valence-electron chi connectivity index (χ3n) is 5.51. The minimum absolute atomic E-state index is 0.0827. The van der Waals surface area contributed by atoms with E-state index in [0.29, 0.717) is 34.7 Å². The van der Waals surface area contributed by atoms with Gasteiger partial charge in [-0.1, -0.05) is 36.4 Å². The molecule has 1 aliphatic rings. The highest BCUT2D eigenvalue weighted by Crippen LogP contribution is 2.20. The van der Waals surface area contributed by atoms with E-state index in [1.54, 1.807) is 24.3 Å². The minimum Gasteiger partial charge on any atom is -0.337 e. The fourth-order valence-corrected chi connectivity index (χ4v) is 4.53. The molecular weight excluding hydrogens is 406 g/mol. The van der Waals surface area contributed by atoms with Crippen LogP contribution in [-0.2, 0) is 6.54 Å². The predicted molar refractivity (Wildman–Crippen MR) is 121 cm³/mol. The SMILES string of the molecule is N#Cc1ccc(CN2CCCN(C(=O)c3ccccc3C(=O)c3cccs3)CC2)cc1. The maximum absolute atomic E-state index is 13.3. The van der Waals surface area contributed by atoms with Crippen molar-refractivity contribution in [2.45, 2.75) is 13.0 Å². The van der Waals surface area contributed by atoms with Gasteiger partial charge in [-0.3, -0.25) is 14.5 Å². The molecule has 0 saturated carbocycles. The number of rotatable bonds is 5. The Labute approximate surface area is 186 Å². The molecule has 0 aliphatic carbocycles. The van der Waals surface area contributed by atoms with Crippen molar-refractivity contribution in [3.8, 4) is 6.07 Å². The third-order valence-corrected chi connectivity index (χ3v) is 6.38. The second kappa shape index (κ2) is 9.69. The van der Waals surface area contributed by atoms with Gasteiger partial charge in [0.15, 0.2) is 0 Å². The molecule has 2 aromatic carbocycles. The average Bonchev–Trinajstić information content (AvgIpc) is 3.26. The molecule has 2 heterocycles. The van der Waals surface area contributed by atoms with Crippen LogP contribution in [0.2, 0.25) is 0 Å². The normalized spacial score (nSPS) is 14.6. The van der Waals surface area contributed by atoms with Crippen LogP contribution in [0.15, 0.2) is 66.0 Å². The maximum atomic E-state index is 13.3. The summed E-state index contributed by atoms with van der Waals surface area (Å²) < 4.78 is 0. The van der Waals surface area contributed by atoms with E-state index in [2.05, 4.69) is 11.0 Å². The number of nitriles is 1. The highest BCUT2D eigenvalue weighted by molar-refractivity contribution is 7.12. The zero-order valence-electron chi connectivity index (χ0n) is 17.2. The van der Waals surface area contributed by atoms with Crippen LogP contribution in [0.3, 0.4) is 0 Å². The molecule has 1 fully saturated rings. The summed E-state index contributed by atoms with van der Waals surface area (Å²) in [5, 5.41) is 10.8. The number of nitrogens with zero attached hydrogens (tertiary/aromatic N) is 3. The van der Waals surface area contributed by atoms with Crippen LogP contribution in [0.5, 0.6) is 0 Å². The molecular formula is C25H23N3O2S. The van der Waals surface area contributed by atoms with E-state index < -0.39 is 0 Å². The quantitative estimate of drug-likeness (QED) is 0.570. The van der Waals surface area contributed by atoms with Gasteiger partial charge in [0, 0.05) is 38.3 Å². The molecule has 1 saturated heterocycles. The zero-order chi connectivity index (χ0) is 21.6. The number of carbonyl (C=O) groups excluding carboxylic acids is 2. The fourth-order valence-electron chi connectivity index (χ4n) is 3.85. The number of benzene rings is 2. The van der Waals surface area contributed by atoms with Gasteiger partial charge < -0.3 is 4.90 Å². The van der Waals surface area contributed by atoms with E-state index >= 15 is 0 Å². The van der Waals surface area contributed by atoms with Gasteiger partial charge in [-0.15, -0.1) is 11.3 Å². The Kier molecular flexibility index (Phi) is 6.56. The standard InChI is InChI=1S/C25H23N3O2S/c26-17-19-8-10-20(11-9-19)18-27-12-4-13-28(15-14-27)25(30)22-6-2-1-5-21(22)24(29)23-7-3-16-31-23/h1-3,5-11,16H,4,12-15,18H2. The average molecular weight is 430 g/mol.